The number of sulfonamides is 1. The number of aromatic nitrogens is 1. The molecule has 2 saturated carbocycles. The number of amides is 4. The number of hydrogen-bond donors (Lipinski definition) is 4. The fraction of sp³-hybridized carbons (Fsp3) is 0.488. The lowest BCUT2D eigenvalue weighted by molar-refractivity contribution is -0.141. The molecule has 2 aliphatic carbocycles. The van der Waals surface area contributed by atoms with E-state index in [1.807, 2.05) is 60.7 Å². The van der Waals surface area contributed by atoms with Crippen molar-refractivity contribution in [3.05, 3.63) is 66.7 Å². The second kappa shape index (κ2) is 16.0. The van der Waals surface area contributed by atoms with Gasteiger partial charge < -0.3 is 35.1 Å². The van der Waals surface area contributed by atoms with E-state index in [2.05, 4.69) is 20.7 Å². The number of hydrogen-bond acceptors (Lipinski definition) is 11. The smallest absolute Gasteiger partial charge is 0.408 e. The lowest BCUT2D eigenvalue weighted by Gasteiger charge is -2.30. The van der Waals surface area contributed by atoms with Crippen LogP contribution in [0.15, 0.2) is 66.7 Å². The van der Waals surface area contributed by atoms with Crippen molar-refractivity contribution < 1.29 is 41.8 Å². The van der Waals surface area contributed by atoms with Gasteiger partial charge in [-0.15, -0.1) is 0 Å². The van der Waals surface area contributed by atoms with Crippen LogP contribution in [0.5, 0.6) is 11.6 Å². The van der Waals surface area contributed by atoms with Gasteiger partial charge in [-0.25, -0.2) is 18.2 Å². The Kier molecular flexibility index (Phi) is 11.2. The zero-order valence-electron chi connectivity index (χ0n) is 32.6. The van der Waals surface area contributed by atoms with Crippen LogP contribution in [-0.2, 0) is 29.1 Å². The van der Waals surface area contributed by atoms with Crippen LogP contribution in [-0.4, -0.2) is 103 Å². The number of nitrogens with one attached hydrogen (secondary N) is 4. The van der Waals surface area contributed by atoms with Crippen LogP contribution in [0, 0.1) is 5.92 Å². The van der Waals surface area contributed by atoms with Gasteiger partial charge >= 0.3 is 6.09 Å². The van der Waals surface area contributed by atoms with Gasteiger partial charge in [-0.3, -0.25) is 19.1 Å². The Labute approximate surface area is 332 Å². The highest BCUT2D eigenvalue weighted by molar-refractivity contribution is 7.91. The van der Waals surface area contributed by atoms with Crippen LogP contribution in [0.1, 0.15) is 59.3 Å². The quantitative estimate of drug-likeness (QED) is 0.243. The predicted octanol–water partition coefficient (Wildman–Crippen LogP) is 3.57. The van der Waals surface area contributed by atoms with Crippen LogP contribution in [0.3, 0.4) is 0 Å². The topological polar surface area (TPSA) is 194 Å². The zero-order chi connectivity index (χ0) is 40.5. The maximum atomic E-state index is 14.6. The molecule has 4 aliphatic rings. The summed E-state index contributed by atoms with van der Waals surface area (Å²) in [7, 11) is -2.33. The molecule has 3 aromatic rings. The molecule has 304 valence electrons. The van der Waals surface area contributed by atoms with E-state index >= 15 is 0 Å². The molecular formula is C41H50N6O9S. The molecule has 1 saturated heterocycles. The Bertz CT molecular complexity index is 2170. The SMILES string of the molecule is COc1ccc2c(OC3C[C@H]4C(=O)N[C@]5(C(=O)NS(=O)(=O)C6CC6)C[C@H]5/C=C\CCCNC[C@H](NC(=O)OC(C)(C)C)C(=O)N4C3)nc(-c3ccccc3)cc2c1. The van der Waals surface area contributed by atoms with E-state index in [9.17, 15) is 27.6 Å². The number of alkyl carbamates (subject to hydrolysis) is 1. The lowest BCUT2D eigenvalue weighted by atomic mass is 10.1. The van der Waals surface area contributed by atoms with Crippen molar-refractivity contribution >= 4 is 44.6 Å². The Morgan fingerprint density at radius 2 is 1.82 bits per heavy atom. The molecule has 0 bridgehead atoms. The van der Waals surface area contributed by atoms with Gasteiger partial charge in [0.1, 0.15) is 35.1 Å². The Balaban J connectivity index is 1.23. The fourth-order valence-electron chi connectivity index (χ4n) is 7.38. The molecule has 4 amide bonds. The zero-order valence-corrected chi connectivity index (χ0v) is 33.4. The van der Waals surface area contributed by atoms with Gasteiger partial charge in [-0.2, -0.15) is 0 Å². The van der Waals surface area contributed by atoms with Crippen molar-refractivity contribution in [1.82, 2.24) is 30.6 Å². The molecule has 7 rings (SSSR count). The number of allylic oxidation sites excluding steroid dienone is 1. The fourth-order valence-corrected chi connectivity index (χ4v) is 8.74. The number of rotatable bonds is 8. The Morgan fingerprint density at radius 1 is 1.05 bits per heavy atom. The van der Waals surface area contributed by atoms with E-state index in [1.54, 1.807) is 33.9 Å². The van der Waals surface area contributed by atoms with Crippen molar-refractivity contribution in [3.63, 3.8) is 0 Å². The third kappa shape index (κ3) is 9.17. The molecule has 3 heterocycles. The number of carbonyl (C=O) groups excluding carboxylic acids is 4. The Morgan fingerprint density at radius 3 is 2.54 bits per heavy atom. The number of nitrogens with zero attached hydrogens (tertiary/aromatic N) is 2. The van der Waals surface area contributed by atoms with Crippen molar-refractivity contribution in [2.24, 2.45) is 5.92 Å². The molecular weight excluding hydrogens is 753 g/mol. The molecule has 3 fully saturated rings. The van der Waals surface area contributed by atoms with Gasteiger partial charge in [0, 0.05) is 29.8 Å². The van der Waals surface area contributed by atoms with Crippen LogP contribution < -0.4 is 30.1 Å². The van der Waals surface area contributed by atoms with E-state index in [0.717, 1.165) is 10.9 Å². The molecule has 1 unspecified atom stereocenters. The van der Waals surface area contributed by atoms with Crippen molar-refractivity contribution in [2.75, 3.05) is 26.7 Å². The summed E-state index contributed by atoms with van der Waals surface area (Å²) in [5.74, 6) is -1.55. The molecule has 0 radical (unpaired) electrons. The number of methoxy groups -OCH3 is 1. The molecule has 16 heteroatoms. The second-order valence-corrected chi connectivity index (χ2v) is 18.1. The van der Waals surface area contributed by atoms with Crippen molar-refractivity contribution in [3.8, 4) is 22.9 Å². The maximum Gasteiger partial charge on any atom is 0.408 e. The summed E-state index contributed by atoms with van der Waals surface area (Å²) in [6.45, 7) is 5.65. The maximum absolute atomic E-state index is 14.6. The van der Waals surface area contributed by atoms with E-state index in [1.165, 1.54) is 4.90 Å². The van der Waals surface area contributed by atoms with E-state index < -0.39 is 74.3 Å². The summed E-state index contributed by atoms with van der Waals surface area (Å²) in [5.41, 5.74) is -0.873. The third-order valence-corrected chi connectivity index (χ3v) is 12.4. The van der Waals surface area contributed by atoms with Crippen LogP contribution in [0.4, 0.5) is 4.79 Å². The molecule has 4 N–H and O–H groups in total. The van der Waals surface area contributed by atoms with E-state index in [0.29, 0.717) is 49.1 Å². The van der Waals surface area contributed by atoms with Gasteiger partial charge in [0.25, 0.3) is 5.91 Å². The summed E-state index contributed by atoms with van der Waals surface area (Å²) in [4.78, 5) is 62.2. The number of carbonyl (C=O) groups is 4. The Hall–Kier alpha value is -5.22. The minimum absolute atomic E-state index is 0.0115. The number of benzene rings is 2. The molecule has 0 spiro atoms. The standard InChI is InChI=1S/C41H50N6O9S/c1-40(2,3)56-39(51)44-33-23-42-18-10-6-9-13-27-22-41(27,38(50)46-57(52,53)30-15-16-30)45-35(48)34-21-29(24-47(34)37(33)49)55-36-31-17-14-28(54-4)19-26(31)20-32(43-36)25-11-7-5-8-12-25/h5,7-9,11-14,17,19-20,27,29-30,33-34,42H,6,10,15-16,18,21-24H2,1-4H3,(H,44,51)(H,45,48)(H,46,50)/b13-9-/t27-,29?,33+,34+,41-/m1/s1. The summed E-state index contributed by atoms with van der Waals surface area (Å²) in [6.07, 6.45) is 4.63. The van der Waals surface area contributed by atoms with Gasteiger partial charge in [0.05, 0.1) is 24.6 Å². The van der Waals surface area contributed by atoms with E-state index in [-0.39, 0.29) is 31.8 Å². The lowest BCUT2D eigenvalue weighted by Crippen LogP contribution is -2.59. The largest absolute Gasteiger partial charge is 0.497 e. The number of pyridine rings is 1. The van der Waals surface area contributed by atoms with Gasteiger partial charge in [-0.1, -0.05) is 42.5 Å². The first-order valence-corrected chi connectivity index (χ1v) is 21.0. The monoisotopic (exact) mass is 802 g/mol. The normalized spacial score (nSPS) is 26.1. The molecule has 1 aromatic heterocycles. The van der Waals surface area contributed by atoms with Crippen molar-refractivity contribution in [1.29, 1.82) is 0 Å². The number of fused-ring (bicyclic) bond motifs is 3. The number of ether oxygens (including phenoxy) is 3. The van der Waals surface area contributed by atoms with Crippen LogP contribution >= 0.6 is 0 Å². The molecule has 2 aromatic carbocycles. The second-order valence-electron chi connectivity index (χ2n) is 16.2. The third-order valence-electron chi connectivity index (χ3n) is 10.6. The molecule has 2 aliphatic heterocycles. The first-order valence-electron chi connectivity index (χ1n) is 19.4. The van der Waals surface area contributed by atoms with E-state index in [4.69, 9.17) is 19.2 Å². The summed E-state index contributed by atoms with van der Waals surface area (Å²) in [5, 5.41) is 9.68. The minimum atomic E-state index is -3.91. The first-order chi connectivity index (χ1) is 27.2. The van der Waals surface area contributed by atoms with Gasteiger partial charge in [0.2, 0.25) is 27.7 Å². The highest BCUT2D eigenvalue weighted by Crippen LogP contribution is 2.46. The van der Waals surface area contributed by atoms with Gasteiger partial charge in [0.15, 0.2) is 0 Å². The predicted molar refractivity (Wildman–Crippen MR) is 212 cm³/mol. The average Bonchev–Trinajstić information content (AvgIpc) is 4.09. The summed E-state index contributed by atoms with van der Waals surface area (Å²) in [6, 6.07) is 14.7. The summed E-state index contributed by atoms with van der Waals surface area (Å²) < 4.78 is 45.6. The van der Waals surface area contributed by atoms with Crippen LogP contribution in [0.2, 0.25) is 0 Å². The first kappa shape index (κ1) is 40.0. The molecule has 57 heavy (non-hydrogen) atoms. The molecule has 5 atom stereocenters. The summed E-state index contributed by atoms with van der Waals surface area (Å²) >= 11 is 0. The minimum Gasteiger partial charge on any atom is -0.497 e. The highest BCUT2D eigenvalue weighted by Gasteiger charge is 2.62. The average molecular weight is 803 g/mol. The van der Waals surface area contributed by atoms with Gasteiger partial charge in [-0.05, 0) is 89.1 Å². The van der Waals surface area contributed by atoms with Crippen molar-refractivity contribution in [2.45, 2.75) is 93.9 Å². The molecule has 15 nitrogen and oxygen atoms in total. The highest BCUT2D eigenvalue weighted by atomic mass is 32.2. The van der Waals surface area contributed by atoms with Crippen LogP contribution in [0.25, 0.3) is 22.0 Å².